The van der Waals surface area contributed by atoms with Gasteiger partial charge in [0.05, 0.1) is 55.3 Å². The molecular weight excluding hydrogens is 1420 g/mol. The van der Waals surface area contributed by atoms with Gasteiger partial charge in [0.1, 0.15) is 40.2 Å². The third-order valence-corrected chi connectivity index (χ3v) is 22.0. The van der Waals surface area contributed by atoms with Crippen LogP contribution in [0.5, 0.6) is 11.5 Å². The molecule has 4 aliphatic heterocycles. The summed E-state index contributed by atoms with van der Waals surface area (Å²) >= 11 is 1.51. The van der Waals surface area contributed by atoms with Gasteiger partial charge in [-0.2, -0.15) is 0 Å². The number of aliphatic hydroxyl groups is 7. The van der Waals surface area contributed by atoms with Crippen LogP contribution in [0.3, 0.4) is 0 Å². The van der Waals surface area contributed by atoms with Crippen molar-refractivity contribution in [3.63, 3.8) is 0 Å². The van der Waals surface area contributed by atoms with Crippen molar-refractivity contribution in [2.45, 2.75) is 214 Å². The van der Waals surface area contributed by atoms with Crippen molar-refractivity contribution in [3.05, 3.63) is 65.4 Å². The number of hydrogen-bond acceptors (Lipinski definition) is 27. The van der Waals surface area contributed by atoms with Crippen molar-refractivity contribution in [1.82, 2.24) is 56.5 Å². The molecule has 0 radical (unpaired) electrons. The summed E-state index contributed by atoms with van der Waals surface area (Å²) in [5, 5.41) is 121. The molecule has 0 bridgehead atoms. The maximum absolute atomic E-state index is 14.9. The number of carbonyl (C=O) groups is 8. The van der Waals surface area contributed by atoms with Gasteiger partial charge in [-0.05, 0) is 107 Å². The Morgan fingerprint density at radius 3 is 2.02 bits per heavy atom. The van der Waals surface area contributed by atoms with Crippen molar-refractivity contribution < 1.29 is 136 Å². The number of aliphatic carboxylic acids is 1. The van der Waals surface area contributed by atoms with Gasteiger partial charge >= 0.3 is 35.5 Å². The third kappa shape index (κ3) is 21.4. The van der Waals surface area contributed by atoms with Crippen LogP contribution in [0.1, 0.15) is 133 Å². The first-order chi connectivity index (χ1) is 49.5. The molecule has 6 heterocycles. The number of aromatic hydroxyl groups is 1. The molecule has 2 aromatic carbocycles. The van der Waals surface area contributed by atoms with Gasteiger partial charge in [-0.15, -0.1) is 10.2 Å². The molecular formula is C68H91N12NaO22S2. The molecule has 105 heavy (non-hydrogen) atoms. The molecule has 14 N–H and O–H groups in total. The molecule has 10 rings (SSSR count). The number of carboxylic acid groups (broad SMARTS) is 1. The predicted octanol–water partition coefficient (Wildman–Crippen LogP) is -4.04. The Hall–Kier alpha value is -7.17. The quantitative estimate of drug-likeness (QED) is 0.0173. The van der Waals surface area contributed by atoms with Gasteiger partial charge in [-0.1, -0.05) is 67.9 Å². The number of nitrogens with zero attached hydrogens (tertiary/aromatic N) is 7. The number of rotatable bonds is 20. The van der Waals surface area contributed by atoms with Gasteiger partial charge in [0.25, 0.3) is 10.4 Å². The topological polar surface area (TPSA) is 516 Å². The van der Waals surface area contributed by atoms with Crippen molar-refractivity contribution >= 4 is 75.0 Å². The van der Waals surface area contributed by atoms with Crippen LogP contribution in [-0.2, 0) is 59.9 Å². The number of piperidine rings is 1. The van der Waals surface area contributed by atoms with Crippen molar-refractivity contribution in [1.29, 1.82) is 0 Å². The molecule has 6 fully saturated rings. The fraction of sp³-hybridized carbons (Fsp3) is 0.618. The molecule has 4 saturated heterocycles. The van der Waals surface area contributed by atoms with E-state index < -0.39 is 193 Å². The minimum absolute atomic E-state index is 0. The number of aromatic nitrogens is 4. The summed E-state index contributed by atoms with van der Waals surface area (Å²) in [5.41, 5.74) is 2.52. The first kappa shape index (κ1) is 81.9. The molecule has 568 valence electrons. The van der Waals surface area contributed by atoms with E-state index in [-0.39, 0.29) is 65.9 Å². The molecule has 37 heteroatoms. The molecule has 6 aliphatic rings. The SMILES string of the molecule is C[C@@H](O)C1NC(=O)C(CCC2CCC(c3nnc(-c4ccc(-c5cnc(N6CCC(OC7CCCCC7)CC6)nc5)cc4)s3)CC2)C[C@@H](O)CNC(=O)[C@@H]2[C@@H](O)[C@@H](C)CN2C(=O)[C@H]([C@H](O)CC(=O)NC(O)C(=O)O)NC(=O)[C@H]([C@H](O)Cc2ccc(O)c(OS(=O)(=O)[O-])c2)NC(=O)[C@@H]2C[C@@H](O)CN2C1=O.[Na+]. The smallest absolute Gasteiger partial charge is 0.716 e. The van der Waals surface area contributed by atoms with E-state index in [0.29, 0.717) is 31.3 Å². The largest absolute Gasteiger partial charge is 1.00 e. The fourth-order valence-electron chi connectivity index (χ4n) is 14.7. The van der Waals surface area contributed by atoms with Crippen LogP contribution in [0.15, 0.2) is 54.9 Å². The molecule has 3 unspecified atom stereocenters. The summed E-state index contributed by atoms with van der Waals surface area (Å²) in [4.78, 5) is 126. The summed E-state index contributed by atoms with van der Waals surface area (Å²) in [7, 11) is -5.52. The van der Waals surface area contributed by atoms with E-state index in [9.17, 15) is 97.3 Å². The maximum atomic E-state index is 14.9. The number of hydrogen-bond donors (Lipinski definition) is 14. The van der Waals surface area contributed by atoms with Crippen LogP contribution in [-0.4, -0.2) is 254 Å². The summed E-state index contributed by atoms with van der Waals surface area (Å²) in [6.07, 6.45) is -0.941. The first-order valence-corrected chi connectivity index (χ1v) is 37.3. The Morgan fingerprint density at radius 2 is 1.36 bits per heavy atom. The monoisotopic (exact) mass is 1510 g/mol. The molecule has 2 aliphatic carbocycles. The molecule has 0 spiro atoms. The number of fused-ring (bicyclic) bond motifs is 2. The zero-order chi connectivity index (χ0) is 74.8. The van der Waals surface area contributed by atoms with Gasteiger partial charge in [0.2, 0.25) is 53.5 Å². The summed E-state index contributed by atoms with van der Waals surface area (Å²) in [6, 6.07) is 0.380. The van der Waals surface area contributed by atoms with Crippen molar-refractivity contribution in [3.8, 4) is 33.2 Å². The van der Waals surface area contributed by atoms with E-state index in [1.165, 1.54) is 44.4 Å². The third-order valence-electron chi connectivity index (χ3n) is 20.5. The minimum atomic E-state index is -5.52. The van der Waals surface area contributed by atoms with Gasteiger partial charge < -0.3 is 101 Å². The summed E-state index contributed by atoms with van der Waals surface area (Å²) < 4.78 is 45.3. The molecule has 2 aromatic heterocycles. The van der Waals surface area contributed by atoms with Crippen LogP contribution < -0.4 is 65.2 Å². The van der Waals surface area contributed by atoms with E-state index in [4.69, 9.17) is 14.7 Å². The Labute approximate surface area is 631 Å². The van der Waals surface area contributed by atoms with E-state index >= 15 is 0 Å². The van der Waals surface area contributed by atoms with Crippen LogP contribution in [0.25, 0.3) is 21.7 Å². The standard InChI is InChI=1S/C68H92N12O22S2.Na/c1-34-32-80-56(57(34)88)61(92)69-31-43(82)26-41(14-10-36-8-12-39(13-9-36)63-76-77-64(103-63)40-17-15-38(16-18-40)42-29-70-68(71-30-42)78-22-20-46(21-23-78)101-45-6-4-3-5-7-45)58(89)73-53(35(2)81)65(94)79-33-44(83)27-47(79)59(90)74-54(49(85)24-37-11-19-48(84)51(25-37)102-104(98,99)100)60(91)75-55(66(80)95)50(86)28-52(87)72-62(93)67(96)97;/h11,15-19,25,29-30,34-36,39,41,43-47,49-50,53-57,62,81-86,88,93H,3-10,12-14,20-24,26-28,31-33H2,1-2H3,(H,69,92)(H,72,87)(H,73,89)(H,74,90)(H,75,91)(H,96,97)(H,98,99,100);/q;+1/p-1/t34-,35+,36?,39?,41?,43+,44+,47-,49+,50+,53?,54-,55-,56-,57-,62?;/m0./s1. The van der Waals surface area contributed by atoms with Gasteiger partial charge in [-0.3, -0.25) is 33.6 Å². The van der Waals surface area contributed by atoms with Crippen LogP contribution in [0.4, 0.5) is 5.95 Å². The molecule has 14 atom stereocenters. The maximum Gasteiger partial charge on any atom is 1.00 e. The number of phenolic OH excluding ortho intramolecular Hbond substituents is 1. The second-order valence-electron chi connectivity index (χ2n) is 28.1. The fourth-order valence-corrected chi connectivity index (χ4v) is 16.0. The number of phenols is 1. The number of aliphatic hydroxyl groups excluding tert-OH is 7. The Morgan fingerprint density at radius 1 is 0.724 bits per heavy atom. The molecule has 7 amide bonds. The number of anilines is 1. The Balaban J connectivity index is 0.0000128. The van der Waals surface area contributed by atoms with Crippen molar-refractivity contribution in [2.75, 3.05) is 37.6 Å². The number of carboxylic acids is 1. The van der Waals surface area contributed by atoms with Gasteiger partial charge in [0.15, 0.2) is 11.5 Å². The zero-order valence-electron chi connectivity index (χ0n) is 58.4. The average Bonchev–Trinajstić information content (AvgIpc) is 1.62. The average molecular weight is 1520 g/mol. The first-order valence-electron chi connectivity index (χ1n) is 35.2. The van der Waals surface area contributed by atoms with E-state index in [1.54, 1.807) is 5.32 Å². The summed E-state index contributed by atoms with van der Waals surface area (Å²) in [6.45, 7) is 2.58. The van der Waals surface area contributed by atoms with Gasteiger partial charge in [-0.25, -0.2) is 23.2 Å². The number of amides is 7. The number of ether oxygens (including phenoxy) is 1. The number of carbonyl (C=O) groups excluding carboxylic acids is 7. The number of benzene rings is 2. The normalized spacial score (nSPS) is 27.9. The zero-order valence-corrected chi connectivity index (χ0v) is 62.1. The van der Waals surface area contributed by atoms with Crippen LogP contribution >= 0.6 is 11.3 Å². The number of β-amino-alcohol motifs (C(OH)–C–C–N with tert-alkyl or cyclic N) is 1. The Bertz CT molecular complexity index is 3810. The van der Waals surface area contributed by atoms with E-state index in [1.807, 2.05) is 36.7 Å². The Kier molecular flexibility index (Phi) is 28.6. The summed E-state index contributed by atoms with van der Waals surface area (Å²) in [5.74, 6) is -13.7. The van der Waals surface area contributed by atoms with E-state index in [0.717, 1.165) is 106 Å². The predicted molar refractivity (Wildman–Crippen MR) is 365 cm³/mol. The van der Waals surface area contributed by atoms with Gasteiger partial charge in [0, 0.05) is 86.8 Å². The minimum Gasteiger partial charge on any atom is -0.716 e. The van der Waals surface area contributed by atoms with Crippen LogP contribution in [0, 0.1) is 17.8 Å². The second-order valence-corrected chi connectivity index (χ2v) is 30.1. The second kappa shape index (κ2) is 36.6. The molecule has 34 nitrogen and oxygen atoms in total. The van der Waals surface area contributed by atoms with Crippen molar-refractivity contribution in [2.24, 2.45) is 17.8 Å². The molecule has 4 aromatic rings. The molecule has 2 saturated carbocycles. The van der Waals surface area contributed by atoms with Crippen LogP contribution in [0.2, 0.25) is 0 Å². The van der Waals surface area contributed by atoms with E-state index in [2.05, 4.69) is 40.5 Å². The number of nitrogens with one attached hydrogen (secondary N) is 5.